The van der Waals surface area contributed by atoms with Crippen LogP contribution in [0.2, 0.25) is 0 Å². The summed E-state index contributed by atoms with van der Waals surface area (Å²) in [5, 5.41) is 3.76. The normalized spacial score (nSPS) is 10.4. The van der Waals surface area contributed by atoms with Crippen molar-refractivity contribution in [2.75, 3.05) is 6.54 Å². The number of nitrogens with zero attached hydrogens (tertiary/aromatic N) is 4. The third kappa shape index (κ3) is 1.74. The van der Waals surface area contributed by atoms with Crippen molar-refractivity contribution in [1.82, 2.24) is 20.1 Å². The minimum Gasteiger partial charge on any atom is -0.339 e. The molecular weight excluding hydrogens is 182 g/mol. The quantitative estimate of drug-likeness (QED) is 0.735. The average Bonchev–Trinajstić information content (AvgIpc) is 2.68. The maximum atomic E-state index is 5.35. The molecule has 2 heterocycles. The molecule has 0 saturated heterocycles. The van der Waals surface area contributed by atoms with Gasteiger partial charge in [-0.3, -0.25) is 4.98 Å². The zero-order chi connectivity index (χ0) is 9.80. The van der Waals surface area contributed by atoms with Crippen LogP contribution in [0.4, 0.5) is 0 Å². The third-order valence-electron chi connectivity index (χ3n) is 1.62. The van der Waals surface area contributed by atoms with Crippen LogP contribution in [0.5, 0.6) is 0 Å². The fourth-order valence-electron chi connectivity index (χ4n) is 0.998. The summed E-state index contributed by atoms with van der Waals surface area (Å²) in [6.45, 7) is 0.488. The summed E-state index contributed by atoms with van der Waals surface area (Å²) in [6, 6.07) is 0. The van der Waals surface area contributed by atoms with Crippen molar-refractivity contribution in [1.29, 1.82) is 0 Å². The molecule has 0 fully saturated rings. The molecule has 0 saturated carbocycles. The van der Waals surface area contributed by atoms with Gasteiger partial charge >= 0.3 is 0 Å². The molecule has 2 rings (SSSR count). The predicted octanol–water partition coefficient (Wildman–Crippen LogP) is 0.0278. The van der Waals surface area contributed by atoms with Gasteiger partial charge in [-0.2, -0.15) is 4.98 Å². The van der Waals surface area contributed by atoms with Gasteiger partial charge in [0.1, 0.15) is 5.69 Å². The lowest BCUT2D eigenvalue weighted by molar-refractivity contribution is 0.380. The first-order valence-electron chi connectivity index (χ1n) is 4.19. The first-order chi connectivity index (χ1) is 6.90. The fourth-order valence-corrected chi connectivity index (χ4v) is 0.998. The van der Waals surface area contributed by atoms with Crippen molar-refractivity contribution >= 4 is 0 Å². The minimum atomic E-state index is 0.446. The van der Waals surface area contributed by atoms with Gasteiger partial charge in [-0.1, -0.05) is 5.16 Å². The molecule has 6 heteroatoms. The van der Waals surface area contributed by atoms with Crippen molar-refractivity contribution < 1.29 is 4.52 Å². The van der Waals surface area contributed by atoms with Gasteiger partial charge < -0.3 is 10.3 Å². The van der Waals surface area contributed by atoms with E-state index in [4.69, 9.17) is 10.3 Å². The SMILES string of the molecule is NCCc1nc(-c2cnccn2)no1. The van der Waals surface area contributed by atoms with Crippen molar-refractivity contribution in [2.45, 2.75) is 6.42 Å². The van der Waals surface area contributed by atoms with Crippen molar-refractivity contribution in [3.63, 3.8) is 0 Å². The molecule has 0 spiro atoms. The van der Waals surface area contributed by atoms with E-state index in [1.165, 1.54) is 0 Å². The maximum Gasteiger partial charge on any atom is 0.228 e. The molecule has 0 aliphatic rings. The summed E-state index contributed by atoms with van der Waals surface area (Å²) in [6.07, 6.45) is 5.32. The van der Waals surface area contributed by atoms with Gasteiger partial charge in [-0.05, 0) is 0 Å². The Hall–Kier alpha value is -1.82. The molecule has 0 bridgehead atoms. The Bertz CT molecular complexity index is 399. The minimum absolute atomic E-state index is 0.446. The Kier molecular flexibility index (Phi) is 2.46. The van der Waals surface area contributed by atoms with E-state index in [9.17, 15) is 0 Å². The Morgan fingerprint density at radius 2 is 2.29 bits per heavy atom. The van der Waals surface area contributed by atoms with Crippen LogP contribution in [0.3, 0.4) is 0 Å². The maximum absolute atomic E-state index is 5.35. The molecule has 2 aromatic heterocycles. The van der Waals surface area contributed by atoms with Crippen molar-refractivity contribution in [2.24, 2.45) is 5.73 Å². The highest BCUT2D eigenvalue weighted by molar-refractivity contribution is 5.45. The van der Waals surface area contributed by atoms with E-state index in [-0.39, 0.29) is 0 Å². The van der Waals surface area contributed by atoms with Crippen LogP contribution in [0.25, 0.3) is 11.5 Å². The standard InChI is InChI=1S/C8H9N5O/c9-2-1-7-12-8(13-14-7)6-5-10-3-4-11-6/h3-5H,1-2,9H2. The highest BCUT2D eigenvalue weighted by Gasteiger charge is 2.08. The van der Waals surface area contributed by atoms with Crippen LogP contribution in [0.1, 0.15) is 5.89 Å². The second kappa shape index (κ2) is 3.93. The predicted molar refractivity (Wildman–Crippen MR) is 48.1 cm³/mol. The van der Waals surface area contributed by atoms with E-state index >= 15 is 0 Å². The molecule has 0 aliphatic carbocycles. The second-order valence-electron chi connectivity index (χ2n) is 2.64. The summed E-state index contributed by atoms with van der Waals surface area (Å²) in [4.78, 5) is 12.1. The topological polar surface area (TPSA) is 90.7 Å². The zero-order valence-corrected chi connectivity index (χ0v) is 7.42. The van der Waals surface area contributed by atoms with Crippen LogP contribution in [-0.2, 0) is 6.42 Å². The van der Waals surface area contributed by atoms with Gasteiger partial charge in [0.15, 0.2) is 0 Å². The average molecular weight is 191 g/mol. The van der Waals surface area contributed by atoms with E-state index in [0.717, 1.165) is 0 Å². The van der Waals surface area contributed by atoms with Gasteiger partial charge in [0.25, 0.3) is 0 Å². The van der Waals surface area contributed by atoms with Crippen LogP contribution in [0, 0.1) is 0 Å². The lowest BCUT2D eigenvalue weighted by Crippen LogP contribution is -2.02. The van der Waals surface area contributed by atoms with Gasteiger partial charge in [0.05, 0.1) is 6.20 Å². The number of aromatic nitrogens is 4. The summed E-state index contributed by atoms with van der Waals surface area (Å²) < 4.78 is 4.95. The summed E-state index contributed by atoms with van der Waals surface area (Å²) >= 11 is 0. The lowest BCUT2D eigenvalue weighted by atomic mass is 10.4. The summed E-state index contributed by atoms with van der Waals surface area (Å²) in [7, 11) is 0. The first kappa shape index (κ1) is 8.76. The number of hydrogen-bond donors (Lipinski definition) is 1. The second-order valence-corrected chi connectivity index (χ2v) is 2.64. The Morgan fingerprint density at radius 3 is 3.00 bits per heavy atom. The number of nitrogens with two attached hydrogens (primary N) is 1. The zero-order valence-electron chi connectivity index (χ0n) is 7.42. The number of hydrogen-bond acceptors (Lipinski definition) is 6. The van der Waals surface area contributed by atoms with E-state index in [2.05, 4.69) is 20.1 Å². The molecule has 2 N–H and O–H groups in total. The molecular formula is C8H9N5O. The monoisotopic (exact) mass is 191 g/mol. The van der Waals surface area contributed by atoms with E-state index in [1.54, 1.807) is 18.6 Å². The van der Waals surface area contributed by atoms with E-state index < -0.39 is 0 Å². The van der Waals surface area contributed by atoms with E-state index in [1.807, 2.05) is 0 Å². The largest absolute Gasteiger partial charge is 0.339 e. The summed E-state index contributed by atoms with van der Waals surface area (Å²) in [5.74, 6) is 0.967. The van der Waals surface area contributed by atoms with Crippen LogP contribution in [0.15, 0.2) is 23.1 Å². The van der Waals surface area contributed by atoms with Gasteiger partial charge in [-0.25, -0.2) is 4.98 Å². The molecule has 14 heavy (non-hydrogen) atoms. The molecule has 0 aliphatic heterocycles. The smallest absolute Gasteiger partial charge is 0.228 e. The van der Waals surface area contributed by atoms with Crippen LogP contribution >= 0.6 is 0 Å². The Labute approximate surface area is 80.2 Å². The van der Waals surface area contributed by atoms with Gasteiger partial charge in [0, 0.05) is 25.4 Å². The van der Waals surface area contributed by atoms with Crippen molar-refractivity contribution in [3.05, 3.63) is 24.5 Å². The van der Waals surface area contributed by atoms with Crippen LogP contribution < -0.4 is 5.73 Å². The number of rotatable bonds is 3. The molecule has 2 aromatic rings. The highest BCUT2D eigenvalue weighted by atomic mass is 16.5. The van der Waals surface area contributed by atoms with E-state index in [0.29, 0.717) is 30.4 Å². The van der Waals surface area contributed by atoms with Crippen LogP contribution in [-0.4, -0.2) is 26.7 Å². The molecule has 72 valence electrons. The fraction of sp³-hybridized carbons (Fsp3) is 0.250. The molecule has 0 atom stereocenters. The van der Waals surface area contributed by atoms with Gasteiger partial charge in [0.2, 0.25) is 11.7 Å². The highest BCUT2D eigenvalue weighted by Crippen LogP contribution is 2.10. The molecule has 0 unspecified atom stereocenters. The summed E-state index contributed by atoms with van der Waals surface area (Å²) in [5.41, 5.74) is 5.95. The Balaban J connectivity index is 2.25. The lowest BCUT2D eigenvalue weighted by Gasteiger charge is -1.88. The molecule has 0 radical (unpaired) electrons. The Morgan fingerprint density at radius 1 is 1.36 bits per heavy atom. The third-order valence-corrected chi connectivity index (χ3v) is 1.62. The molecule has 0 aromatic carbocycles. The molecule has 6 nitrogen and oxygen atoms in total. The first-order valence-corrected chi connectivity index (χ1v) is 4.19. The van der Waals surface area contributed by atoms with Gasteiger partial charge in [-0.15, -0.1) is 0 Å². The van der Waals surface area contributed by atoms with Crippen molar-refractivity contribution in [3.8, 4) is 11.5 Å². The molecule has 0 amide bonds.